The Morgan fingerprint density at radius 3 is 2.33 bits per heavy atom. The first-order valence-electron chi connectivity index (χ1n) is 10.2. The highest BCUT2D eigenvalue weighted by molar-refractivity contribution is 6.46. The summed E-state index contributed by atoms with van der Waals surface area (Å²) in [5.74, 6) is -3.46. The van der Waals surface area contributed by atoms with Gasteiger partial charge >= 0.3 is 0 Å². The number of nitrogens with one attached hydrogen (secondary N) is 1. The van der Waals surface area contributed by atoms with Crippen LogP contribution >= 0.6 is 0 Å². The second-order valence-corrected chi connectivity index (χ2v) is 7.30. The second kappa shape index (κ2) is 9.20. The van der Waals surface area contributed by atoms with E-state index in [2.05, 4.69) is 5.32 Å². The standard InChI is InChI=1S/C25H19F3N2O3/c1-2-12-33-19-5-3-4-18(14-19)29-23-22(15-6-8-16(26)9-7-15)24(31)30(25(23)32)21-13-17(27)10-11-20(21)28/h3-11,13-14,29H,2,12H2,1H3. The molecule has 3 aromatic carbocycles. The molecule has 0 aromatic heterocycles. The van der Waals surface area contributed by atoms with Crippen molar-refractivity contribution >= 4 is 28.8 Å². The number of carbonyl (C=O) groups excluding carboxylic acids is 2. The third kappa shape index (κ3) is 4.45. The van der Waals surface area contributed by atoms with E-state index in [0.29, 0.717) is 22.9 Å². The van der Waals surface area contributed by atoms with Gasteiger partial charge in [0.15, 0.2) is 0 Å². The zero-order valence-corrected chi connectivity index (χ0v) is 17.6. The van der Waals surface area contributed by atoms with E-state index < -0.39 is 35.0 Å². The van der Waals surface area contributed by atoms with Gasteiger partial charge in [0, 0.05) is 17.8 Å². The molecule has 1 aliphatic heterocycles. The van der Waals surface area contributed by atoms with Crippen LogP contribution in [0.2, 0.25) is 0 Å². The number of hydrogen-bond acceptors (Lipinski definition) is 4. The topological polar surface area (TPSA) is 58.6 Å². The molecule has 8 heteroatoms. The molecule has 2 amide bonds. The van der Waals surface area contributed by atoms with Crippen molar-refractivity contribution in [2.75, 3.05) is 16.8 Å². The highest BCUT2D eigenvalue weighted by Crippen LogP contribution is 2.35. The molecule has 33 heavy (non-hydrogen) atoms. The van der Waals surface area contributed by atoms with Crippen LogP contribution in [0.15, 0.2) is 72.4 Å². The van der Waals surface area contributed by atoms with Crippen LogP contribution < -0.4 is 15.0 Å². The molecular weight excluding hydrogens is 433 g/mol. The summed E-state index contributed by atoms with van der Waals surface area (Å²) in [7, 11) is 0. The lowest BCUT2D eigenvalue weighted by molar-refractivity contribution is -0.120. The number of rotatable bonds is 7. The SMILES string of the molecule is CCCOc1cccc(NC2=C(c3ccc(F)cc3)C(=O)N(c3cc(F)ccc3F)C2=O)c1. The Hall–Kier alpha value is -4.07. The molecule has 0 aliphatic carbocycles. The molecule has 1 heterocycles. The Balaban J connectivity index is 1.79. The molecule has 0 bridgehead atoms. The Morgan fingerprint density at radius 1 is 0.879 bits per heavy atom. The van der Waals surface area contributed by atoms with Crippen molar-refractivity contribution in [3.05, 3.63) is 95.4 Å². The largest absolute Gasteiger partial charge is 0.494 e. The van der Waals surface area contributed by atoms with Gasteiger partial charge < -0.3 is 10.1 Å². The fraction of sp³-hybridized carbons (Fsp3) is 0.120. The summed E-state index contributed by atoms with van der Waals surface area (Å²) in [6, 6.07) is 14.2. The van der Waals surface area contributed by atoms with Crippen LogP contribution in [-0.2, 0) is 9.59 Å². The number of hydrogen-bond donors (Lipinski definition) is 1. The summed E-state index contributed by atoms with van der Waals surface area (Å²) in [5, 5.41) is 2.91. The van der Waals surface area contributed by atoms with Crippen LogP contribution in [0, 0.1) is 17.5 Å². The summed E-state index contributed by atoms with van der Waals surface area (Å²) in [5.41, 5.74) is -0.0660. The van der Waals surface area contributed by atoms with E-state index in [1.807, 2.05) is 6.92 Å². The maximum Gasteiger partial charge on any atom is 0.282 e. The molecule has 0 spiro atoms. The van der Waals surface area contributed by atoms with Gasteiger partial charge in [0.2, 0.25) is 0 Å². The normalized spacial score (nSPS) is 13.6. The molecule has 0 unspecified atom stereocenters. The highest BCUT2D eigenvalue weighted by atomic mass is 19.1. The number of carbonyl (C=O) groups is 2. The first-order chi connectivity index (χ1) is 15.9. The smallest absolute Gasteiger partial charge is 0.282 e. The molecule has 1 aliphatic rings. The summed E-state index contributed by atoms with van der Waals surface area (Å²) >= 11 is 0. The summed E-state index contributed by atoms with van der Waals surface area (Å²) < 4.78 is 47.3. The summed E-state index contributed by atoms with van der Waals surface area (Å²) in [6.07, 6.45) is 0.804. The molecule has 0 atom stereocenters. The quantitative estimate of drug-likeness (QED) is 0.495. The third-order valence-electron chi connectivity index (χ3n) is 4.94. The van der Waals surface area contributed by atoms with Crippen LogP contribution in [-0.4, -0.2) is 18.4 Å². The molecule has 0 fully saturated rings. The monoisotopic (exact) mass is 452 g/mol. The minimum atomic E-state index is -0.937. The highest BCUT2D eigenvalue weighted by Gasteiger charge is 2.41. The zero-order chi connectivity index (χ0) is 23.5. The Bertz CT molecular complexity index is 1260. The van der Waals surface area contributed by atoms with Gasteiger partial charge in [-0.1, -0.05) is 25.1 Å². The van der Waals surface area contributed by atoms with Gasteiger partial charge in [0.1, 0.15) is 28.9 Å². The maximum atomic E-state index is 14.5. The first kappa shape index (κ1) is 22.1. The van der Waals surface area contributed by atoms with E-state index in [1.165, 1.54) is 12.1 Å². The minimum absolute atomic E-state index is 0.0939. The number of amides is 2. The average molecular weight is 452 g/mol. The molecule has 0 saturated heterocycles. The number of halogens is 3. The molecule has 1 N–H and O–H groups in total. The predicted octanol–water partition coefficient (Wildman–Crippen LogP) is 5.29. The van der Waals surface area contributed by atoms with Crippen LogP contribution in [0.5, 0.6) is 5.75 Å². The summed E-state index contributed by atoms with van der Waals surface area (Å²) in [4.78, 5) is 27.1. The molecule has 0 saturated carbocycles. The van der Waals surface area contributed by atoms with Gasteiger partial charge in [-0.25, -0.2) is 18.1 Å². The van der Waals surface area contributed by atoms with Crippen LogP contribution in [0.1, 0.15) is 18.9 Å². The van der Waals surface area contributed by atoms with E-state index in [1.54, 1.807) is 24.3 Å². The van der Waals surface area contributed by atoms with Gasteiger partial charge in [-0.05, 0) is 48.4 Å². The lowest BCUT2D eigenvalue weighted by Crippen LogP contribution is -2.33. The van der Waals surface area contributed by atoms with Crippen LogP contribution in [0.4, 0.5) is 24.5 Å². The molecular formula is C25H19F3N2O3. The fourth-order valence-corrected chi connectivity index (χ4v) is 3.43. The minimum Gasteiger partial charge on any atom is -0.494 e. The van der Waals surface area contributed by atoms with Crippen molar-refractivity contribution in [2.24, 2.45) is 0 Å². The zero-order valence-electron chi connectivity index (χ0n) is 17.6. The van der Waals surface area contributed by atoms with Gasteiger partial charge in [0.05, 0.1) is 17.9 Å². The number of benzene rings is 3. The Kier molecular flexibility index (Phi) is 6.17. The van der Waals surface area contributed by atoms with Crippen molar-refractivity contribution in [1.29, 1.82) is 0 Å². The molecule has 0 radical (unpaired) electrons. The second-order valence-electron chi connectivity index (χ2n) is 7.30. The fourth-order valence-electron chi connectivity index (χ4n) is 3.43. The van der Waals surface area contributed by atoms with Crippen molar-refractivity contribution in [1.82, 2.24) is 0 Å². The van der Waals surface area contributed by atoms with E-state index in [-0.39, 0.29) is 16.8 Å². The molecule has 4 rings (SSSR count). The van der Waals surface area contributed by atoms with E-state index >= 15 is 0 Å². The van der Waals surface area contributed by atoms with Crippen LogP contribution in [0.25, 0.3) is 5.57 Å². The van der Waals surface area contributed by atoms with Crippen molar-refractivity contribution in [3.8, 4) is 5.75 Å². The predicted molar refractivity (Wildman–Crippen MR) is 118 cm³/mol. The first-order valence-corrected chi connectivity index (χ1v) is 10.2. The number of ether oxygens (including phenoxy) is 1. The van der Waals surface area contributed by atoms with E-state index in [0.717, 1.165) is 36.8 Å². The summed E-state index contributed by atoms with van der Waals surface area (Å²) in [6.45, 7) is 2.46. The molecule has 3 aromatic rings. The van der Waals surface area contributed by atoms with Crippen molar-refractivity contribution < 1.29 is 27.5 Å². The Morgan fingerprint density at radius 2 is 1.61 bits per heavy atom. The average Bonchev–Trinajstić information content (AvgIpc) is 3.04. The maximum absolute atomic E-state index is 14.5. The Labute approximate surface area is 188 Å². The van der Waals surface area contributed by atoms with E-state index in [9.17, 15) is 22.8 Å². The van der Waals surface area contributed by atoms with Crippen molar-refractivity contribution in [2.45, 2.75) is 13.3 Å². The lowest BCUT2D eigenvalue weighted by Gasteiger charge is -2.16. The van der Waals surface area contributed by atoms with Gasteiger partial charge in [0.25, 0.3) is 11.8 Å². The number of imide groups is 1. The molecule has 168 valence electrons. The lowest BCUT2D eigenvalue weighted by atomic mass is 10.0. The van der Waals surface area contributed by atoms with Crippen LogP contribution in [0.3, 0.4) is 0 Å². The van der Waals surface area contributed by atoms with E-state index in [4.69, 9.17) is 4.74 Å². The molecule has 5 nitrogen and oxygen atoms in total. The number of nitrogens with zero attached hydrogens (tertiary/aromatic N) is 1. The van der Waals surface area contributed by atoms with Gasteiger partial charge in [-0.2, -0.15) is 0 Å². The number of anilines is 2. The third-order valence-corrected chi connectivity index (χ3v) is 4.94. The van der Waals surface area contributed by atoms with Gasteiger partial charge in [-0.3, -0.25) is 9.59 Å². The van der Waals surface area contributed by atoms with Crippen molar-refractivity contribution in [3.63, 3.8) is 0 Å². The van der Waals surface area contributed by atoms with Gasteiger partial charge in [-0.15, -0.1) is 0 Å².